The van der Waals surface area contributed by atoms with Gasteiger partial charge >= 0.3 is 0 Å². The zero-order valence-electron chi connectivity index (χ0n) is 9.97. The molecule has 0 aliphatic heterocycles. The van der Waals surface area contributed by atoms with E-state index in [0.717, 1.165) is 22.4 Å². The molecule has 0 fully saturated rings. The van der Waals surface area contributed by atoms with E-state index in [1.807, 2.05) is 31.2 Å². The first-order chi connectivity index (χ1) is 8.13. The van der Waals surface area contributed by atoms with Crippen molar-refractivity contribution >= 4 is 0 Å². The van der Waals surface area contributed by atoms with Gasteiger partial charge in [0.1, 0.15) is 0 Å². The van der Waals surface area contributed by atoms with Gasteiger partial charge in [-0.15, -0.1) is 0 Å². The van der Waals surface area contributed by atoms with Gasteiger partial charge in [-0.25, -0.2) is 4.68 Å². The summed E-state index contributed by atoms with van der Waals surface area (Å²) >= 11 is 0. The fraction of sp³-hybridized carbons (Fsp3) is 0.231. The van der Waals surface area contributed by atoms with Crippen LogP contribution in [0, 0.1) is 6.92 Å². The van der Waals surface area contributed by atoms with E-state index in [2.05, 4.69) is 5.10 Å². The van der Waals surface area contributed by atoms with E-state index in [4.69, 9.17) is 5.73 Å². The summed E-state index contributed by atoms with van der Waals surface area (Å²) in [6, 6.07) is 9.48. The first-order valence-electron chi connectivity index (χ1n) is 5.47. The Hall–Kier alpha value is -1.94. The normalized spacial score (nSPS) is 10.5. The third-order valence-electron chi connectivity index (χ3n) is 2.79. The Morgan fingerprint density at radius 1 is 1.35 bits per heavy atom. The molecular weight excluding hydrogens is 214 g/mol. The van der Waals surface area contributed by atoms with Crippen LogP contribution in [0.1, 0.15) is 11.1 Å². The molecule has 0 saturated heterocycles. The van der Waals surface area contributed by atoms with Crippen molar-refractivity contribution in [2.45, 2.75) is 13.5 Å². The third-order valence-corrected chi connectivity index (χ3v) is 2.79. The Labute approximate surface area is 99.7 Å². The van der Waals surface area contributed by atoms with Gasteiger partial charge in [0, 0.05) is 25.2 Å². The molecule has 0 spiro atoms. The van der Waals surface area contributed by atoms with E-state index in [-0.39, 0.29) is 5.56 Å². The Bertz CT molecular complexity index is 602. The quantitative estimate of drug-likeness (QED) is 0.842. The molecule has 4 nitrogen and oxygen atoms in total. The highest BCUT2D eigenvalue weighted by molar-refractivity contribution is 5.66. The number of nitrogens with two attached hydrogens (primary N) is 1. The fourth-order valence-electron chi connectivity index (χ4n) is 1.80. The van der Waals surface area contributed by atoms with E-state index >= 15 is 0 Å². The van der Waals surface area contributed by atoms with Crippen LogP contribution in [0.4, 0.5) is 0 Å². The van der Waals surface area contributed by atoms with Gasteiger partial charge < -0.3 is 5.73 Å². The lowest BCUT2D eigenvalue weighted by Gasteiger charge is -2.10. The molecule has 4 heteroatoms. The maximum atomic E-state index is 11.5. The van der Waals surface area contributed by atoms with E-state index in [1.165, 1.54) is 4.68 Å². The molecule has 1 aromatic heterocycles. The standard InChI is InChI=1S/C13H15N3O/c1-9-5-3-4-6-11(9)13-10(8-14)7-12(17)16(2)15-13/h3-7H,8,14H2,1-2H3. The molecule has 1 heterocycles. The number of hydrogen-bond donors (Lipinski definition) is 1. The maximum Gasteiger partial charge on any atom is 0.266 e. The van der Waals surface area contributed by atoms with E-state index in [9.17, 15) is 4.79 Å². The van der Waals surface area contributed by atoms with Gasteiger partial charge in [0.15, 0.2) is 0 Å². The molecule has 0 amide bonds. The van der Waals surface area contributed by atoms with Gasteiger partial charge in [-0.2, -0.15) is 5.10 Å². The van der Waals surface area contributed by atoms with E-state index < -0.39 is 0 Å². The molecule has 0 bridgehead atoms. The smallest absolute Gasteiger partial charge is 0.266 e. The summed E-state index contributed by atoms with van der Waals surface area (Å²) in [5.74, 6) is 0. The Morgan fingerprint density at radius 2 is 2.06 bits per heavy atom. The van der Waals surface area contributed by atoms with Crippen LogP contribution in [-0.2, 0) is 13.6 Å². The molecule has 0 unspecified atom stereocenters. The van der Waals surface area contributed by atoms with Crippen LogP contribution in [0.25, 0.3) is 11.3 Å². The van der Waals surface area contributed by atoms with E-state index in [1.54, 1.807) is 13.1 Å². The molecule has 0 aliphatic rings. The van der Waals surface area contributed by atoms with Crippen molar-refractivity contribution in [3.05, 3.63) is 51.8 Å². The Morgan fingerprint density at radius 3 is 2.71 bits per heavy atom. The molecule has 2 aromatic rings. The van der Waals surface area contributed by atoms with Crippen molar-refractivity contribution in [1.29, 1.82) is 0 Å². The minimum Gasteiger partial charge on any atom is -0.326 e. The lowest BCUT2D eigenvalue weighted by atomic mass is 10.0. The molecular formula is C13H15N3O. The summed E-state index contributed by atoms with van der Waals surface area (Å²) in [4.78, 5) is 11.5. The molecule has 88 valence electrons. The average Bonchev–Trinajstić information content (AvgIpc) is 2.33. The number of aryl methyl sites for hydroxylation is 2. The van der Waals surface area contributed by atoms with Crippen molar-refractivity contribution < 1.29 is 0 Å². The molecule has 17 heavy (non-hydrogen) atoms. The largest absolute Gasteiger partial charge is 0.326 e. The SMILES string of the molecule is Cc1ccccc1-c1nn(C)c(=O)cc1CN. The predicted octanol–water partition coefficient (Wildman–Crippen LogP) is 1.21. The van der Waals surface area contributed by atoms with Crippen LogP contribution in [-0.4, -0.2) is 9.78 Å². The van der Waals surface area contributed by atoms with Crippen LogP contribution in [0.2, 0.25) is 0 Å². The van der Waals surface area contributed by atoms with Crippen LogP contribution in [0.5, 0.6) is 0 Å². The molecule has 1 aromatic carbocycles. The lowest BCUT2D eigenvalue weighted by molar-refractivity contribution is 0.704. The molecule has 0 radical (unpaired) electrons. The predicted molar refractivity (Wildman–Crippen MR) is 67.5 cm³/mol. The van der Waals surface area contributed by atoms with Gasteiger partial charge in [0.05, 0.1) is 5.69 Å². The monoisotopic (exact) mass is 229 g/mol. The molecule has 0 saturated carbocycles. The highest BCUT2D eigenvalue weighted by Crippen LogP contribution is 2.23. The van der Waals surface area contributed by atoms with Crippen molar-refractivity contribution in [1.82, 2.24) is 9.78 Å². The minimum absolute atomic E-state index is 0.136. The lowest BCUT2D eigenvalue weighted by Crippen LogP contribution is -2.21. The maximum absolute atomic E-state index is 11.5. The topological polar surface area (TPSA) is 60.9 Å². The molecule has 2 rings (SSSR count). The summed E-state index contributed by atoms with van der Waals surface area (Å²) in [6.45, 7) is 2.33. The second-order valence-electron chi connectivity index (χ2n) is 4.00. The number of aromatic nitrogens is 2. The van der Waals surface area contributed by atoms with Crippen molar-refractivity contribution in [3.8, 4) is 11.3 Å². The zero-order chi connectivity index (χ0) is 12.4. The Balaban J connectivity index is 2.71. The molecule has 2 N–H and O–H groups in total. The van der Waals surface area contributed by atoms with Crippen molar-refractivity contribution in [2.75, 3.05) is 0 Å². The van der Waals surface area contributed by atoms with Crippen LogP contribution in [0.3, 0.4) is 0 Å². The number of nitrogens with zero attached hydrogens (tertiary/aromatic N) is 2. The summed E-state index contributed by atoms with van der Waals surface area (Å²) in [7, 11) is 1.64. The highest BCUT2D eigenvalue weighted by atomic mass is 16.1. The van der Waals surface area contributed by atoms with Gasteiger partial charge in [-0.3, -0.25) is 4.79 Å². The van der Waals surface area contributed by atoms with Gasteiger partial charge in [0.25, 0.3) is 5.56 Å². The van der Waals surface area contributed by atoms with Crippen molar-refractivity contribution in [2.24, 2.45) is 12.8 Å². The fourth-order valence-corrected chi connectivity index (χ4v) is 1.80. The van der Waals surface area contributed by atoms with Gasteiger partial charge in [-0.05, 0) is 18.1 Å². The Kier molecular flexibility index (Phi) is 3.06. The van der Waals surface area contributed by atoms with Crippen molar-refractivity contribution in [3.63, 3.8) is 0 Å². The average molecular weight is 229 g/mol. The van der Waals surface area contributed by atoms with Gasteiger partial charge in [0.2, 0.25) is 0 Å². The second-order valence-corrected chi connectivity index (χ2v) is 4.00. The van der Waals surface area contributed by atoms with Crippen LogP contribution < -0.4 is 11.3 Å². The number of hydrogen-bond acceptors (Lipinski definition) is 3. The first-order valence-corrected chi connectivity index (χ1v) is 5.47. The summed E-state index contributed by atoms with van der Waals surface area (Å²) in [5, 5.41) is 4.30. The first kappa shape index (κ1) is 11.5. The minimum atomic E-state index is -0.136. The van der Waals surface area contributed by atoms with E-state index in [0.29, 0.717) is 6.54 Å². The second kappa shape index (κ2) is 4.51. The summed E-state index contributed by atoms with van der Waals surface area (Å²) in [6.07, 6.45) is 0. The number of rotatable bonds is 2. The third kappa shape index (κ3) is 2.12. The zero-order valence-corrected chi connectivity index (χ0v) is 9.97. The highest BCUT2D eigenvalue weighted by Gasteiger charge is 2.10. The van der Waals surface area contributed by atoms with Gasteiger partial charge in [-0.1, -0.05) is 24.3 Å². The van der Waals surface area contributed by atoms with Crippen LogP contribution in [0.15, 0.2) is 35.1 Å². The molecule has 0 aliphatic carbocycles. The van der Waals surface area contributed by atoms with Crippen LogP contribution >= 0.6 is 0 Å². The summed E-state index contributed by atoms with van der Waals surface area (Å²) < 4.78 is 1.33. The molecule has 0 atom stereocenters. The summed E-state index contributed by atoms with van der Waals surface area (Å²) in [5.41, 5.74) is 9.23. The number of benzene rings is 1.